The summed E-state index contributed by atoms with van der Waals surface area (Å²) in [6, 6.07) is 21.4. The molecule has 1 aliphatic rings. The van der Waals surface area contributed by atoms with Crippen molar-refractivity contribution in [1.29, 1.82) is 0 Å². The lowest BCUT2D eigenvalue weighted by Crippen LogP contribution is -2.26. The molecular weight excluding hydrogens is 420 g/mol. The number of hydrogen-bond acceptors (Lipinski definition) is 4. The van der Waals surface area contributed by atoms with E-state index in [1.54, 1.807) is 30.8 Å². The fourth-order valence-electron chi connectivity index (χ4n) is 3.71. The van der Waals surface area contributed by atoms with Crippen molar-refractivity contribution in [3.63, 3.8) is 0 Å². The highest BCUT2D eigenvalue weighted by atomic mass is 32.2. The molecule has 3 aromatic rings. The number of ether oxygens (including phenoxy) is 1. The number of anilines is 2. The number of methoxy groups -OCH3 is 1. The van der Waals surface area contributed by atoms with Crippen molar-refractivity contribution in [2.75, 3.05) is 24.4 Å². The topological polar surface area (TPSA) is 58.6 Å². The van der Waals surface area contributed by atoms with Crippen LogP contribution in [-0.4, -0.2) is 26.0 Å². The second-order valence-electron chi connectivity index (χ2n) is 7.75. The summed E-state index contributed by atoms with van der Waals surface area (Å²) in [5.41, 5.74) is 3.44. The number of amides is 2. The highest BCUT2D eigenvalue weighted by Crippen LogP contribution is 2.41. The summed E-state index contributed by atoms with van der Waals surface area (Å²) in [5.74, 6) is 0.788. The largest absolute Gasteiger partial charge is 0.497 e. The van der Waals surface area contributed by atoms with Crippen LogP contribution in [0.1, 0.15) is 35.2 Å². The number of carbonyl (C=O) groups excluding carboxylic acids is 2. The first kappa shape index (κ1) is 22.0. The van der Waals surface area contributed by atoms with E-state index in [0.29, 0.717) is 17.7 Å². The van der Waals surface area contributed by atoms with Gasteiger partial charge in [-0.2, -0.15) is 0 Å². The minimum Gasteiger partial charge on any atom is -0.497 e. The van der Waals surface area contributed by atoms with Crippen molar-refractivity contribution in [2.24, 2.45) is 0 Å². The van der Waals surface area contributed by atoms with E-state index in [9.17, 15) is 9.59 Å². The number of aryl methyl sites for hydroxylation is 1. The van der Waals surface area contributed by atoms with Gasteiger partial charge in [0.05, 0.1) is 18.4 Å². The molecule has 32 heavy (non-hydrogen) atoms. The quantitative estimate of drug-likeness (QED) is 0.467. The number of benzene rings is 3. The third kappa shape index (κ3) is 4.97. The first-order chi connectivity index (χ1) is 15.5. The van der Waals surface area contributed by atoms with Gasteiger partial charge in [0.15, 0.2) is 0 Å². The van der Waals surface area contributed by atoms with Gasteiger partial charge in [-0.05, 0) is 67.3 Å². The van der Waals surface area contributed by atoms with E-state index < -0.39 is 0 Å². The number of carbonyl (C=O) groups is 2. The SMILES string of the molecule is COc1ccc(CCCCC(=O)Nc2ccc3c(c2)N(C)C(=O)c2ccccc2S3)cc1. The van der Waals surface area contributed by atoms with Crippen LogP contribution < -0.4 is 15.0 Å². The van der Waals surface area contributed by atoms with Crippen molar-refractivity contribution in [3.05, 3.63) is 77.9 Å². The molecule has 1 heterocycles. The Hall–Kier alpha value is -3.25. The summed E-state index contributed by atoms with van der Waals surface area (Å²) < 4.78 is 5.18. The molecular formula is C26H26N2O3S. The van der Waals surface area contributed by atoms with E-state index in [2.05, 4.69) is 17.4 Å². The van der Waals surface area contributed by atoms with E-state index in [0.717, 1.165) is 40.5 Å². The Morgan fingerprint density at radius 2 is 1.78 bits per heavy atom. The predicted octanol–water partition coefficient (Wildman–Crippen LogP) is 5.79. The Morgan fingerprint density at radius 3 is 2.56 bits per heavy atom. The third-order valence-electron chi connectivity index (χ3n) is 5.52. The Balaban J connectivity index is 1.34. The number of hydrogen-bond donors (Lipinski definition) is 1. The van der Waals surface area contributed by atoms with Crippen LogP contribution in [0.5, 0.6) is 5.75 Å². The van der Waals surface area contributed by atoms with E-state index in [1.807, 2.05) is 54.6 Å². The lowest BCUT2D eigenvalue weighted by atomic mass is 10.1. The van der Waals surface area contributed by atoms with Gasteiger partial charge in [0, 0.05) is 28.9 Å². The summed E-state index contributed by atoms with van der Waals surface area (Å²) in [6.07, 6.45) is 3.14. The number of nitrogens with zero attached hydrogens (tertiary/aromatic N) is 1. The monoisotopic (exact) mass is 446 g/mol. The molecule has 0 aliphatic carbocycles. The summed E-state index contributed by atoms with van der Waals surface area (Å²) in [7, 11) is 3.43. The summed E-state index contributed by atoms with van der Waals surface area (Å²) in [4.78, 5) is 28.9. The van der Waals surface area contributed by atoms with Crippen LogP contribution in [0, 0.1) is 0 Å². The van der Waals surface area contributed by atoms with Gasteiger partial charge >= 0.3 is 0 Å². The third-order valence-corrected chi connectivity index (χ3v) is 6.67. The minimum atomic E-state index is -0.0474. The molecule has 0 atom stereocenters. The molecule has 4 rings (SSSR count). The lowest BCUT2D eigenvalue weighted by molar-refractivity contribution is -0.116. The fourth-order valence-corrected chi connectivity index (χ4v) is 4.80. The van der Waals surface area contributed by atoms with Gasteiger partial charge in [-0.25, -0.2) is 0 Å². The maximum atomic E-state index is 12.9. The smallest absolute Gasteiger partial charge is 0.259 e. The summed E-state index contributed by atoms with van der Waals surface area (Å²) in [5, 5.41) is 2.98. The first-order valence-corrected chi connectivity index (χ1v) is 11.5. The van der Waals surface area contributed by atoms with Gasteiger partial charge in [-0.3, -0.25) is 9.59 Å². The molecule has 0 radical (unpaired) electrons. The molecule has 0 fully saturated rings. The van der Waals surface area contributed by atoms with Crippen LogP contribution in [-0.2, 0) is 11.2 Å². The van der Waals surface area contributed by atoms with Gasteiger partial charge in [-0.15, -0.1) is 0 Å². The number of nitrogens with one attached hydrogen (secondary N) is 1. The Labute approximate surface area is 192 Å². The first-order valence-electron chi connectivity index (χ1n) is 10.7. The van der Waals surface area contributed by atoms with Crippen molar-refractivity contribution >= 4 is 35.0 Å². The fraction of sp³-hybridized carbons (Fsp3) is 0.231. The molecule has 0 unspecified atom stereocenters. The van der Waals surface area contributed by atoms with Crippen LogP contribution >= 0.6 is 11.8 Å². The molecule has 5 nitrogen and oxygen atoms in total. The van der Waals surface area contributed by atoms with Crippen LogP contribution in [0.3, 0.4) is 0 Å². The molecule has 0 bridgehead atoms. The lowest BCUT2D eigenvalue weighted by Gasteiger charge is -2.18. The van der Waals surface area contributed by atoms with Gasteiger partial charge in [0.25, 0.3) is 5.91 Å². The summed E-state index contributed by atoms with van der Waals surface area (Å²) in [6.45, 7) is 0. The average molecular weight is 447 g/mol. The Kier molecular flexibility index (Phi) is 6.81. The molecule has 0 aromatic heterocycles. The number of unbranched alkanes of at least 4 members (excludes halogenated alkanes) is 1. The van der Waals surface area contributed by atoms with E-state index >= 15 is 0 Å². The van der Waals surface area contributed by atoms with E-state index in [-0.39, 0.29) is 11.8 Å². The zero-order valence-corrected chi connectivity index (χ0v) is 19.1. The highest BCUT2D eigenvalue weighted by Gasteiger charge is 2.24. The molecule has 1 N–H and O–H groups in total. The van der Waals surface area contributed by atoms with Crippen LogP contribution in [0.2, 0.25) is 0 Å². The van der Waals surface area contributed by atoms with Crippen molar-refractivity contribution in [2.45, 2.75) is 35.5 Å². The molecule has 6 heteroatoms. The molecule has 0 saturated carbocycles. The molecule has 0 spiro atoms. The standard InChI is InChI=1S/C26H26N2O3S/c1-28-22-17-19(13-16-24(22)32-23-9-5-4-8-21(23)26(28)30)27-25(29)10-6-3-7-18-11-14-20(31-2)15-12-18/h4-5,8-9,11-17H,3,6-7,10H2,1-2H3,(H,27,29). The second kappa shape index (κ2) is 9.92. The van der Waals surface area contributed by atoms with Crippen molar-refractivity contribution < 1.29 is 14.3 Å². The summed E-state index contributed by atoms with van der Waals surface area (Å²) >= 11 is 1.57. The van der Waals surface area contributed by atoms with Crippen LogP contribution in [0.15, 0.2) is 76.5 Å². The van der Waals surface area contributed by atoms with Crippen molar-refractivity contribution in [3.8, 4) is 5.75 Å². The Morgan fingerprint density at radius 1 is 1.00 bits per heavy atom. The molecule has 3 aromatic carbocycles. The second-order valence-corrected chi connectivity index (χ2v) is 8.83. The average Bonchev–Trinajstić information content (AvgIpc) is 2.92. The molecule has 0 saturated heterocycles. The Bertz CT molecular complexity index is 1130. The molecule has 164 valence electrons. The maximum Gasteiger partial charge on any atom is 0.259 e. The normalized spacial score (nSPS) is 12.6. The maximum absolute atomic E-state index is 12.9. The molecule has 1 aliphatic heterocycles. The van der Waals surface area contributed by atoms with E-state index in [4.69, 9.17) is 4.74 Å². The van der Waals surface area contributed by atoms with Crippen LogP contribution in [0.25, 0.3) is 0 Å². The van der Waals surface area contributed by atoms with Gasteiger partial charge < -0.3 is 15.0 Å². The van der Waals surface area contributed by atoms with Gasteiger partial charge in [0.1, 0.15) is 5.75 Å². The predicted molar refractivity (Wildman–Crippen MR) is 129 cm³/mol. The zero-order chi connectivity index (χ0) is 22.5. The van der Waals surface area contributed by atoms with Gasteiger partial charge in [0.2, 0.25) is 5.91 Å². The molecule has 2 amide bonds. The van der Waals surface area contributed by atoms with Crippen molar-refractivity contribution in [1.82, 2.24) is 0 Å². The zero-order valence-electron chi connectivity index (χ0n) is 18.3. The number of rotatable bonds is 7. The van der Waals surface area contributed by atoms with Crippen LogP contribution in [0.4, 0.5) is 11.4 Å². The highest BCUT2D eigenvalue weighted by molar-refractivity contribution is 7.99. The minimum absolute atomic E-state index is 0.0155. The van der Waals surface area contributed by atoms with Gasteiger partial charge in [-0.1, -0.05) is 36.0 Å². The number of fused-ring (bicyclic) bond motifs is 2. The van der Waals surface area contributed by atoms with E-state index in [1.165, 1.54) is 5.56 Å².